The van der Waals surface area contributed by atoms with Crippen LogP contribution in [0.25, 0.3) is 0 Å². The Kier molecular flexibility index (Phi) is 3.41. The zero-order valence-corrected chi connectivity index (χ0v) is 13.1. The fraction of sp³-hybridized carbons (Fsp3) is 0.625. The molecule has 2 unspecified atom stereocenters. The second kappa shape index (κ2) is 4.85. The number of methoxy groups -OCH3 is 1. The van der Waals surface area contributed by atoms with Gasteiger partial charge < -0.3 is 9.84 Å². The van der Waals surface area contributed by atoms with Crippen LogP contribution >= 0.6 is 0 Å². The second-order valence-electron chi connectivity index (χ2n) is 6.23. The van der Waals surface area contributed by atoms with Crippen LogP contribution in [-0.2, 0) is 16.4 Å². The number of aryl methyl sites for hydroxylation is 2. The molecule has 1 N–H and O–H groups in total. The molecule has 2 aliphatic rings. The van der Waals surface area contributed by atoms with E-state index >= 15 is 0 Å². The lowest BCUT2D eigenvalue weighted by atomic mass is 9.82. The molecule has 0 radical (unpaired) electrons. The van der Waals surface area contributed by atoms with Gasteiger partial charge in [-0.1, -0.05) is 0 Å². The van der Waals surface area contributed by atoms with Crippen molar-refractivity contribution < 1.29 is 14.1 Å². The summed E-state index contributed by atoms with van der Waals surface area (Å²) in [6, 6.07) is 4.04. The Morgan fingerprint density at radius 3 is 2.35 bits per heavy atom. The van der Waals surface area contributed by atoms with Crippen LogP contribution in [0, 0.1) is 13.8 Å². The summed E-state index contributed by atoms with van der Waals surface area (Å²) in [5, 5.41) is 11.5. The third-order valence-electron chi connectivity index (χ3n) is 4.84. The molecule has 110 valence electrons. The van der Waals surface area contributed by atoms with E-state index in [1.807, 2.05) is 26.0 Å². The SMILES string of the molecule is COc1cc(C)c(C2(O)CC3CCC(C2)S3=O)cc1C. The molecule has 2 aliphatic heterocycles. The van der Waals surface area contributed by atoms with Gasteiger partial charge in [0.05, 0.1) is 12.7 Å². The molecule has 2 saturated heterocycles. The maximum atomic E-state index is 12.1. The maximum absolute atomic E-state index is 12.1. The predicted molar refractivity (Wildman–Crippen MR) is 80.6 cm³/mol. The molecule has 0 amide bonds. The highest BCUT2D eigenvalue weighted by atomic mass is 32.2. The van der Waals surface area contributed by atoms with Gasteiger partial charge in [-0.25, -0.2) is 0 Å². The minimum absolute atomic E-state index is 0.167. The van der Waals surface area contributed by atoms with Crippen LogP contribution in [0.4, 0.5) is 0 Å². The zero-order valence-electron chi connectivity index (χ0n) is 12.3. The minimum atomic E-state index is -0.819. The van der Waals surface area contributed by atoms with Crippen molar-refractivity contribution in [3.8, 4) is 5.75 Å². The summed E-state index contributed by atoms with van der Waals surface area (Å²) in [4.78, 5) is 0. The molecule has 2 fully saturated rings. The van der Waals surface area contributed by atoms with E-state index < -0.39 is 16.4 Å². The third-order valence-corrected chi connectivity index (χ3v) is 6.96. The van der Waals surface area contributed by atoms with E-state index in [2.05, 4.69) is 0 Å². The number of ether oxygens (including phenoxy) is 1. The van der Waals surface area contributed by atoms with Gasteiger partial charge in [0, 0.05) is 21.3 Å². The van der Waals surface area contributed by atoms with E-state index in [-0.39, 0.29) is 10.5 Å². The number of rotatable bonds is 2. The quantitative estimate of drug-likeness (QED) is 0.912. The second-order valence-corrected chi connectivity index (χ2v) is 8.22. The molecule has 1 aromatic rings. The highest BCUT2D eigenvalue weighted by Gasteiger charge is 2.48. The lowest BCUT2D eigenvalue weighted by Crippen LogP contribution is -2.40. The maximum Gasteiger partial charge on any atom is 0.122 e. The van der Waals surface area contributed by atoms with E-state index in [0.29, 0.717) is 12.8 Å². The monoisotopic (exact) mass is 294 g/mol. The molecule has 4 heteroatoms. The van der Waals surface area contributed by atoms with Crippen LogP contribution < -0.4 is 4.74 Å². The number of benzene rings is 1. The molecule has 3 rings (SSSR count). The molecule has 3 nitrogen and oxygen atoms in total. The average Bonchev–Trinajstić information content (AvgIpc) is 2.64. The summed E-state index contributed by atoms with van der Waals surface area (Å²) in [6.07, 6.45) is 3.24. The average molecular weight is 294 g/mol. The molecule has 2 heterocycles. The molecular weight excluding hydrogens is 272 g/mol. The van der Waals surface area contributed by atoms with Crippen molar-refractivity contribution in [3.63, 3.8) is 0 Å². The van der Waals surface area contributed by atoms with Crippen LogP contribution in [-0.4, -0.2) is 26.9 Å². The van der Waals surface area contributed by atoms with Gasteiger partial charge in [-0.2, -0.15) is 0 Å². The highest BCUT2D eigenvalue weighted by Crippen LogP contribution is 2.47. The molecule has 20 heavy (non-hydrogen) atoms. The number of hydrogen-bond acceptors (Lipinski definition) is 3. The van der Waals surface area contributed by atoms with Crippen LogP contribution in [0.15, 0.2) is 12.1 Å². The van der Waals surface area contributed by atoms with Crippen molar-refractivity contribution in [1.29, 1.82) is 0 Å². The topological polar surface area (TPSA) is 46.5 Å². The lowest BCUT2D eigenvalue weighted by Gasteiger charge is -2.37. The van der Waals surface area contributed by atoms with Gasteiger partial charge in [0.2, 0.25) is 0 Å². The van der Waals surface area contributed by atoms with Crippen molar-refractivity contribution in [2.45, 2.75) is 55.6 Å². The van der Waals surface area contributed by atoms with Crippen molar-refractivity contribution >= 4 is 10.8 Å². The molecule has 2 bridgehead atoms. The fourth-order valence-electron chi connectivity index (χ4n) is 3.81. The van der Waals surface area contributed by atoms with Crippen LogP contribution in [0.1, 0.15) is 42.4 Å². The standard InChI is InChI=1S/C16H22O3S/c1-10-7-15(19-3)11(2)6-14(10)16(17)8-12-4-5-13(9-16)20(12)18/h6-7,12-13,17H,4-5,8-9H2,1-3H3. The smallest absolute Gasteiger partial charge is 0.122 e. The molecule has 2 atom stereocenters. The van der Waals surface area contributed by atoms with E-state index in [1.165, 1.54) is 0 Å². The summed E-state index contributed by atoms with van der Waals surface area (Å²) in [6.45, 7) is 4.02. The summed E-state index contributed by atoms with van der Waals surface area (Å²) in [5.41, 5.74) is 2.27. The Balaban J connectivity index is 2.01. The Hall–Kier alpha value is -0.870. The Bertz CT molecular complexity index is 551. The van der Waals surface area contributed by atoms with Gasteiger partial charge in [-0.3, -0.25) is 4.21 Å². The summed E-state index contributed by atoms with van der Waals surface area (Å²) in [7, 11) is 0.925. The first-order chi connectivity index (χ1) is 9.44. The number of hydrogen-bond donors (Lipinski definition) is 1. The van der Waals surface area contributed by atoms with Crippen molar-refractivity contribution in [3.05, 3.63) is 28.8 Å². The van der Waals surface area contributed by atoms with Gasteiger partial charge in [0.1, 0.15) is 5.75 Å². The van der Waals surface area contributed by atoms with Gasteiger partial charge in [0.25, 0.3) is 0 Å². The van der Waals surface area contributed by atoms with Gasteiger partial charge in [-0.15, -0.1) is 0 Å². The molecule has 0 spiro atoms. The molecule has 0 aromatic heterocycles. The first-order valence-electron chi connectivity index (χ1n) is 7.22. The normalized spacial score (nSPS) is 36.1. The largest absolute Gasteiger partial charge is 0.496 e. The van der Waals surface area contributed by atoms with Crippen molar-refractivity contribution in [1.82, 2.24) is 0 Å². The van der Waals surface area contributed by atoms with Crippen LogP contribution in [0.3, 0.4) is 0 Å². The minimum Gasteiger partial charge on any atom is -0.496 e. The third kappa shape index (κ3) is 2.09. The first-order valence-corrected chi connectivity index (χ1v) is 8.49. The van der Waals surface area contributed by atoms with Gasteiger partial charge >= 0.3 is 0 Å². The Morgan fingerprint density at radius 1 is 1.20 bits per heavy atom. The van der Waals surface area contributed by atoms with Gasteiger partial charge in [-0.05, 0) is 68.4 Å². The lowest BCUT2D eigenvalue weighted by molar-refractivity contribution is 0.0178. The Labute approximate surface area is 122 Å². The summed E-state index contributed by atoms with van der Waals surface area (Å²) < 4.78 is 17.5. The first kappa shape index (κ1) is 14.1. The summed E-state index contributed by atoms with van der Waals surface area (Å²) >= 11 is 0. The predicted octanol–water partition coefficient (Wildman–Crippen LogP) is 2.57. The fourth-order valence-corrected chi connectivity index (χ4v) is 5.97. The van der Waals surface area contributed by atoms with Crippen molar-refractivity contribution in [2.75, 3.05) is 7.11 Å². The molecule has 0 aliphatic carbocycles. The molecular formula is C16H22O3S. The highest BCUT2D eigenvalue weighted by molar-refractivity contribution is 7.86. The number of fused-ring (bicyclic) bond motifs is 2. The van der Waals surface area contributed by atoms with Crippen LogP contribution in [0.5, 0.6) is 5.75 Å². The van der Waals surface area contributed by atoms with E-state index in [9.17, 15) is 9.32 Å². The van der Waals surface area contributed by atoms with Crippen LogP contribution in [0.2, 0.25) is 0 Å². The molecule has 0 saturated carbocycles. The van der Waals surface area contributed by atoms with E-state index in [0.717, 1.165) is 35.3 Å². The summed E-state index contributed by atoms with van der Waals surface area (Å²) in [5.74, 6) is 0.859. The van der Waals surface area contributed by atoms with E-state index in [4.69, 9.17) is 4.74 Å². The van der Waals surface area contributed by atoms with Crippen molar-refractivity contribution in [2.24, 2.45) is 0 Å². The number of aliphatic hydroxyl groups is 1. The molecule has 1 aromatic carbocycles. The van der Waals surface area contributed by atoms with E-state index in [1.54, 1.807) is 7.11 Å². The Morgan fingerprint density at radius 2 is 1.80 bits per heavy atom. The van der Waals surface area contributed by atoms with Gasteiger partial charge in [0.15, 0.2) is 0 Å². The zero-order chi connectivity index (χ0) is 14.5.